The Hall–Kier alpha value is -3.34. The average Bonchev–Trinajstić information content (AvgIpc) is 3.37. The van der Waals surface area contributed by atoms with Crippen LogP contribution in [-0.4, -0.2) is 68.6 Å². The fraction of sp³-hybridized carbons (Fsp3) is 0.350. The summed E-state index contributed by atoms with van der Waals surface area (Å²) in [6, 6.07) is 3.17. The van der Waals surface area contributed by atoms with E-state index in [-0.39, 0.29) is 47.6 Å². The fourth-order valence-electron chi connectivity index (χ4n) is 3.76. The number of benzene rings is 1. The predicted molar refractivity (Wildman–Crippen MR) is 104 cm³/mol. The maximum Gasteiger partial charge on any atom is 0.274 e. The van der Waals surface area contributed by atoms with E-state index in [1.165, 1.54) is 22.9 Å². The smallest absolute Gasteiger partial charge is 0.274 e. The van der Waals surface area contributed by atoms with Crippen LogP contribution in [0.5, 0.6) is 0 Å². The largest absolute Gasteiger partial charge is 0.395 e. The maximum atomic E-state index is 14.1. The second-order valence-electron chi connectivity index (χ2n) is 7.37. The molecule has 1 aliphatic rings. The lowest BCUT2D eigenvalue weighted by Crippen LogP contribution is -2.37. The molecule has 0 saturated heterocycles. The lowest BCUT2D eigenvalue weighted by Gasteiger charge is -2.27. The van der Waals surface area contributed by atoms with E-state index >= 15 is 0 Å². The molecule has 0 aliphatic carbocycles. The molecule has 1 aromatic carbocycles. The van der Waals surface area contributed by atoms with Crippen molar-refractivity contribution in [2.45, 2.75) is 19.4 Å². The Morgan fingerprint density at radius 1 is 1.35 bits per heavy atom. The number of carbonyl (C=O) groups excluding carboxylic acids is 2. The Bertz CT molecular complexity index is 1160. The van der Waals surface area contributed by atoms with Crippen molar-refractivity contribution in [2.75, 3.05) is 26.7 Å². The fourth-order valence-corrected chi connectivity index (χ4v) is 3.76. The zero-order chi connectivity index (χ0) is 22.3. The summed E-state index contributed by atoms with van der Waals surface area (Å²) in [5, 5.41) is 15.9. The van der Waals surface area contributed by atoms with E-state index in [0.717, 1.165) is 17.8 Å². The summed E-state index contributed by atoms with van der Waals surface area (Å²) in [4.78, 5) is 31.0. The highest BCUT2D eigenvalue weighted by atomic mass is 19.3. The molecule has 0 radical (unpaired) electrons. The number of halogens is 3. The molecule has 0 saturated carbocycles. The van der Waals surface area contributed by atoms with Gasteiger partial charge in [0.15, 0.2) is 5.69 Å². The van der Waals surface area contributed by atoms with Crippen LogP contribution >= 0.6 is 0 Å². The van der Waals surface area contributed by atoms with E-state index in [4.69, 9.17) is 5.11 Å². The predicted octanol–water partition coefficient (Wildman–Crippen LogP) is 2.23. The third kappa shape index (κ3) is 3.65. The summed E-state index contributed by atoms with van der Waals surface area (Å²) < 4.78 is 40.7. The molecule has 3 aromatic rings. The summed E-state index contributed by atoms with van der Waals surface area (Å²) in [7, 11) is 1.53. The molecule has 11 heteroatoms. The number of amides is 2. The van der Waals surface area contributed by atoms with Gasteiger partial charge in [-0.15, -0.1) is 0 Å². The lowest BCUT2D eigenvalue weighted by atomic mass is 10.0. The molecular weight excluding hydrogens is 415 g/mol. The zero-order valence-electron chi connectivity index (χ0n) is 16.6. The van der Waals surface area contributed by atoms with Gasteiger partial charge in [-0.05, 0) is 18.2 Å². The number of aliphatic hydroxyl groups excluding tert-OH is 1. The van der Waals surface area contributed by atoms with Gasteiger partial charge in [0.25, 0.3) is 18.2 Å². The number of alkyl halides is 2. The van der Waals surface area contributed by atoms with Gasteiger partial charge in [-0.3, -0.25) is 14.7 Å². The minimum atomic E-state index is -2.81. The highest BCUT2D eigenvalue weighted by molar-refractivity contribution is 5.99. The second kappa shape index (κ2) is 8.06. The van der Waals surface area contributed by atoms with Crippen LogP contribution in [0, 0.1) is 5.82 Å². The summed E-state index contributed by atoms with van der Waals surface area (Å²) in [6.07, 6.45) is -2.39. The number of rotatable bonds is 5. The second-order valence-corrected chi connectivity index (χ2v) is 7.37. The van der Waals surface area contributed by atoms with E-state index in [0.29, 0.717) is 18.5 Å². The van der Waals surface area contributed by atoms with Crippen molar-refractivity contribution in [1.29, 1.82) is 0 Å². The molecule has 0 atom stereocenters. The van der Waals surface area contributed by atoms with Crippen molar-refractivity contribution in [3.63, 3.8) is 0 Å². The molecule has 0 spiro atoms. The van der Waals surface area contributed by atoms with Crippen LogP contribution in [0.2, 0.25) is 0 Å². The van der Waals surface area contributed by atoms with Crippen LogP contribution in [0.3, 0.4) is 0 Å². The lowest BCUT2D eigenvalue weighted by molar-refractivity contribution is 0.0714. The average molecular weight is 435 g/mol. The van der Waals surface area contributed by atoms with Gasteiger partial charge in [0, 0.05) is 48.8 Å². The van der Waals surface area contributed by atoms with Gasteiger partial charge in [0.2, 0.25) is 0 Å². The van der Waals surface area contributed by atoms with Gasteiger partial charge >= 0.3 is 0 Å². The number of carbonyl (C=O) groups is 2. The van der Waals surface area contributed by atoms with Crippen molar-refractivity contribution in [1.82, 2.24) is 25.0 Å². The van der Waals surface area contributed by atoms with Crippen molar-refractivity contribution in [3.8, 4) is 0 Å². The molecule has 2 aromatic heterocycles. The first-order valence-corrected chi connectivity index (χ1v) is 9.62. The number of aromatic nitrogens is 3. The minimum absolute atomic E-state index is 0.0146. The quantitative estimate of drug-likeness (QED) is 0.572. The number of nitrogens with one attached hydrogen (secondary N) is 2. The Balaban J connectivity index is 1.63. The summed E-state index contributed by atoms with van der Waals surface area (Å²) in [5.74, 6) is -1.62. The number of hydrogen-bond donors (Lipinski definition) is 3. The Labute approximate surface area is 174 Å². The van der Waals surface area contributed by atoms with E-state index in [2.05, 4.69) is 15.2 Å². The van der Waals surface area contributed by atoms with Crippen molar-refractivity contribution in [3.05, 3.63) is 52.2 Å². The third-order valence-corrected chi connectivity index (χ3v) is 5.45. The maximum absolute atomic E-state index is 14.1. The number of likely N-dealkylation sites (N-methyl/N-ethyl adjacent to an activating group) is 1. The Morgan fingerprint density at radius 3 is 2.84 bits per heavy atom. The number of fused-ring (bicyclic) bond motifs is 2. The van der Waals surface area contributed by atoms with Crippen LogP contribution in [0.1, 0.15) is 44.2 Å². The number of hydrogen-bond acceptors (Lipinski definition) is 4. The SMILES string of the molecule is CN(CCO)C(=O)c1n[nH]c2c1CN(C(=O)c1cc3c(C(F)F)ccc(F)c3[nH]1)CC2. The summed E-state index contributed by atoms with van der Waals surface area (Å²) in [5.41, 5.74) is 0.925. The molecule has 3 N–H and O–H groups in total. The van der Waals surface area contributed by atoms with Crippen molar-refractivity contribution in [2.24, 2.45) is 0 Å². The van der Waals surface area contributed by atoms with E-state index in [1.807, 2.05) is 0 Å². The van der Waals surface area contributed by atoms with E-state index in [9.17, 15) is 22.8 Å². The number of nitrogens with zero attached hydrogens (tertiary/aromatic N) is 3. The van der Waals surface area contributed by atoms with Crippen LogP contribution in [0.15, 0.2) is 18.2 Å². The summed E-state index contributed by atoms with van der Waals surface area (Å²) >= 11 is 0. The van der Waals surface area contributed by atoms with Gasteiger partial charge in [0.1, 0.15) is 11.5 Å². The molecule has 3 heterocycles. The summed E-state index contributed by atoms with van der Waals surface area (Å²) in [6.45, 7) is 0.333. The van der Waals surface area contributed by atoms with E-state index < -0.39 is 24.1 Å². The van der Waals surface area contributed by atoms with Crippen molar-refractivity contribution < 1.29 is 27.9 Å². The van der Waals surface area contributed by atoms with Crippen LogP contribution in [0.4, 0.5) is 13.2 Å². The van der Waals surface area contributed by atoms with Gasteiger partial charge in [-0.1, -0.05) is 0 Å². The van der Waals surface area contributed by atoms with Gasteiger partial charge in [0.05, 0.1) is 18.7 Å². The standard InChI is InChI=1S/C20H20F3N5O3/c1-27(6-7-29)20(31)17-12-9-28(5-4-14(12)25-26-17)19(30)15-8-11-10(18(22)23)2-3-13(21)16(11)24-15/h2-3,8,18,24,29H,4-7,9H2,1H3,(H,25,26). The van der Waals surface area contributed by atoms with Crippen LogP contribution < -0.4 is 0 Å². The van der Waals surface area contributed by atoms with E-state index in [1.54, 1.807) is 0 Å². The van der Waals surface area contributed by atoms with Crippen molar-refractivity contribution >= 4 is 22.7 Å². The molecule has 4 rings (SSSR count). The molecule has 0 fully saturated rings. The van der Waals surface area contributed by atoms with Crippen LogP contribution in [-0.2, 0) is 13.0 Å². The number of aromatic amines is 2. The normalized spacial score (nSPS) is 13.7. The Morgan fingerprint density at radius 2 is 2.13 bits per heavy atom. The first-order chi connectivity index (χ1) is 14.8. The number of H-pyrrole nitrogens is 2. The topological polar surface area (TPSA) is 105 Å². The molecule has 1 aliphatic heterocycles. The molecule has 31 heavy (non-hydrogen) atoms. The van der Waals surface area contributed by atoms with Gasteiger partial charge in [-0.25, -0.2) is 13.2 Å². The Kier molecular flexibility index (Phi) is 5.44. The van der Waals surface area contributed by atoms with Gasteiger partial charge in [-0.2, -0.15) is 5.10 Å². The highest BCUT2D eigenvalue weighted by Gasteiger charge is 2.30. The first kappa shape index (κ1) is 20.9. The molecule has 2 amide bonds. The molecule has 0 unspecified atom stereocenters. The highest BCUT2D eigenvalue weighted by Crippen LogP contribution is 2.31. The number of aliphatic hydroxyl groups is 1. The third-order valence-electron chi connectivity index (χ3n) is 5.45. The van der Waals surface area contributed by atoms with Gasteiger partial charge < -0.3 is 19.9 Å². The first-order valence-electron chi connectivity index (χ1n) is 9.62. The monoisotopic (exact) mass is 435 g/mol. The van der Waals surface area contributed by atoms with Crippen LogP contribution in [0.25, 0.3) is 10.9 Å². The minimum Gasteiger partial charge on any atom is -0.395 e. The molecular formula is C20H20F3N5O3. The molecule has 0 bridgehead atoms. The zero-order valence-corrected chi connectivity index (χ0v) is 16.6. The molecule has 164 valence electrons. The molecule has 8 nitrogen and oxygen atoms in total.